The maximum absolute atomic E-state index is 12.8. The van der Waals surface area contributed by atoms with E-state index in [9.17, 15) is 4.79 Å². The van der Waals surface area contributed by atoms with E-state index in [0.717, 1.165) is 37.7 Å². The van der Waals surface area contributed by atoms with Crippen molar-refractivity contribution in [2.24, 2.45) is 0 Å². The Morgan fingerprint density at radius 2 is 1.88 bits per heavy atom. The zero-order valence-corrected chi connectivity index (χ0v) is 18.8. The fourth-order valence-electron chi connectivity index (χ4n) is 3.51. The first-order valence-electron chi connectivity index (χ1n) is 10.5. The summed E-state index contributed by atoms with van der Waals surface area (Å²) >= 11 is 1.61. The van der Waals surface area contributed by atoms with E-state index in [0.29, 0.717) is 6.54 Å². The van der Waals surface area contributed by atoms with E-state index in [1.807, 2.05) is 83.7 Å². The molecule has 0 aliphatic carbocycles. The minimum Gasteiger partial charge on any atom is -0.335 e. The highest BCUT2D eigenvalue weighted by Crippen LogP contribution is 2.25. The number of thiazole rings is 1. The summed E-state index contributed by atoms with van der Waals surface area (Å²) in [5.74, 6) is -0.0983. The highest BCUT2D eigenvalue weighted by atomic mass is 32.1. The first kappa shape index (κ1) is 20.8. The monoisotopic (exact) mass is 451 g/mol. The molecule has 0 aliphatic heterocycles. The van der Waals surface area contributed by atoms with Gasteiger partial charge in [-0.3, -0.25) is 9.78 Å². The van der Waals surface area contributed by atoms with Gasteiger partial charge in [0.25, 0.3) is 0 Å². The molecule has 0 N–H and O–H groups in total. The summed E-state index contributed by atoms with van der Waals surface area (Å²) in [4.78, 5) is 23.3. The first-order chi connectivity index (χ1) is 16.2. The number of rotatable bonds is 6. The predicted molar refractivity (Wildman–Crippen MR) is 132 cm³/mol. The lowest BCUT2D eigenvalue weighted by Gasteiger charge is -2.12. The highest BCUT2D eigenvalue weighted by Gasteiger charge is 2.13. The van der Waals surface area contributed by atoms with Gasteiger partial charge in [-0.05, 0) is 42.5 Å². The van der Waals surface area contributed by atoms with Crippen LogP contribution in [0, 0.1) is 0 Å². The molecule has 0 saturated heterocycles. The molecule has 5 aromatic rings. The van der Waals surface area contributed by atoms with Crippen LogP contribution in [0.1, 0.15) is 10.6 Å². The Morgan fingerprint density at radius 3 is 2.67 bits per heavy atom. The van der Waals surface area contributed by atoms with Crippen LogP contribution in [0.3, 0.4) is 0 Å². The molecule has 0 spiro atoms. The summed E-state index contributed by atoms with van der Waals surface area (Å²) in [7, 11) is 1.79. The second-order valence-electron chi connectivity index (χ2n) is 7.56. The van der Waals surface area contributed by atoms with Crippen molar-refractivity contribution >= 4 is 33.5 Å². The van der Waals surface area contributed by atoms with Gasteiger partial charge in [0.15, 0.2) is 0 Å². The number of amides is 1. The molecule has 0 unspecified atom stereocenters. The van der Waals surface area contributed by atoms with E-state index < -0.39 is 0 Å². The Kier molecular flexibility index (Phi) is 5.78. The van der Waals surface area contributed by atoms with Crippen molar-refractivity contribution in [1.82, 2.24) is 24.6 Å². The molecule has 33 heavy (non-hydrogen) atoms. The Morgan fingerprint density at radius 1 is 1.06 bits per heavy atom. The van der Waals surface area contributed by atoms with Gasteiger partial charge in [-0.2, -0.15) is 5.10 Å². The summed E-state index contributed by atoms with van der Waals surface area (Å²) in [6.45, 7) is 0.460. The number of pyridine rings is 1. The van der Waals surface area contributed by atoms with Gasteiger partial charge < -0.3 is 4.90 Å². The van der Waals surface area contributed by atoms with Crippen LogP contribution in [0.4, 0.5) is 0 Å². The Bertz CT molecular complexity index is 1390. The van der Waals surface area contributed by atoms with Crippen LogP contribution in [0.5, 0.6) is 0 Å². The fourth-order valence-corrected chi connectivity index (χ4v) is 4.53. The smallest absolute Gasteiger partial charge is 0.246 e. The maximum Gasteiger partial charge on any atom is 0.246 e. The average Bonchev–Trinajstić information content (AvgIpc) is 3.47. The number of hydrogen-bond acceptors (Lipinski definition) is 5. The van der Waals surface area contributed by atoms with Crippen molar-refractivity contribution in [1.29, 1.82) is 0 Å². The molecule has 0 saturated carbocycles. The lowest BCUT2D eigenvalue weighted by molar-refractivity contribution is -0.125. The van der Waals surface area contributed by atoms with Crippen molar-refractivity contribution in [2.45, 2.75) is 6.54 Å². The zero-order chi connectivity index (χ0) is 22.6. The summed E-state index contributed by atoms with van der Waals surface area (Å²) in [5, 5.41) is 5.67. The normalized spacial score (nSPS) is 11.3. The number of benzene rings is 2. The number of hydrogen-bond donors (Lipinski definition) is 0. The molecular formula is C26H21N5OS. The van der Waals surface area contributed by atoms with Crippen LogP contribution in [-0.4, -0.2) is 37.6 Å². The average molecular weight is 452 g/mol. The standard InChI is InChI=1S/C26H21N5OS/c1-30(18-24-28-22-11-5-6-12-23(22)33-24)25(32)14-13-20-17-31(21-9-3-2-4-10-21)29-26(20)19-8-7-15-27-16-19/h2-17H,18H2,1H3/b14-13+. The van der Waals surface area contributed by atoms with Crippen molar-refractivity contribution in [3.63, 3.8) is 0 Å². The van der Waals surface area contributed by atoms with Crippen LogP contribution in [-0.2, 0) is 11.3 Å². The molecule has 1 amide bonds. The number of carbonyl (C=O) groups excluding carboxylic acids is 1. The fraction of sp³-hybridized carbons (Fsp3) is 0.0769. The third-order valence-corrected chi connectivity index (χ3v) is 6.21. The van der Waals surface area contributed by atoms with Crippen LogP contribution in [0.2, 0.25) is 0 Å². The zero-order valence-electron chi connectivity index (χ0n) is 18.0. The molecular weight excluding hydrogens is 430 g/mol. The quantitative estimate of drug-likeness (QED) is 0.332. The predicted octanol–water partition coefficient (Wildman–Crippen LogP) is 5.22. The lowest BCUT2D eigenvalue weighted by Crippen LogP contribution is -2.23. The molecule has 5 rings (SSSR count). The lowest BCUT2D eigenvalue weighted by atomic mass is 10.1. The van der Waals surface area contributed by atoms with Gasteiger partial charge in [0, 0.05) is 42.8 Å². The van der Waals surface area contributed by atoms with Gasteiger partial charge in [0.1, 0.15) is 10.7 Å². The summed E-state index contributed by atoms with van der Waals surface area (Å²) in [6.07, 6.45) is 8.82. The third-order valence-electron chi connectivity index (χ3n) is 5.19. The van der Waals surface area contributed by atoms with Gasteiger partial charge in [0.05, 0.1) is 22.4 Å². The van der Waals surface area contributed by atoms with E-state index in [1.165, 1.54) is 0 Å². The summed E-state index contributed by atoms with van der Waals surface area (Å²) < 4.78 is 2.94. The van der Waals surface area contributed by atoms with E-state index in [-0.39, 0.29) is 5.91 Å². The molecule has 0 radical (unpaired) electrons. The van der Waals surface area contributed by atoms with E-state index in [4.69, 9.17) is 5.10 Å². The molecule has 162 valence electrons. The van der Waals surface area contributed by atoms with Crippen molar-refractivity contribution in [3.05, 3.63) is 102 Å². The Balaban J connectivity index is 1.39. The Labute approximate surface area is 195 Å². The maximum atomic E-state index is 12.8. The van der Waals surface area contributed by atoms with Gasteiger partial charge in [-0.15, -0.1) is 11.3 Å². The van der Waals surface area contributed by atoms with Crippen LogP contribution < -0.4 is 0 Å². The number of aromatic nitrogens is 4. The van der Waals surface area contributed by atoms with Crippen LogP contribution in [0.25, 0.3) is 33.2 Å². The summed E-state index contributed by atoms with van der Waals surface area (Å²) in [6, 6.07) is 21.7. The SMILES string of the molecule is CN(Cc1nc2ccccc2s1)C(=O)/C=C/c1cn(-c2ccccc2)nc1-c1cccnc1. The molecule has 0 aliphatic rings. The first-order valence-corrected chi connectivity index (χ1v) is 11.3. The minimum absolute atomic E-state index is 0.0983. The topological polar surface area (TPSA) is 63.9 Å². The van der Waals surface area contributed by atoms with Crippen molar-refractivity contribution in [2.75, 3.05) is 7.05 Å². The number of carbonyl (C=O) groups is 1. The molecule has 0 fully saturated rings. The second kappa shape index (κ2) is 9.18. The molecule has 0 atom stereocenters. The molecule has 3 heterocycles. The highest BCUT2D eigenvalue weighted by molar-refractivity contribution is 7.18. The van der Waals surface area contributed by atoms with Gasteiger partial charge >= 0.3 is 0 Å². The largest absolute Gasteiger partial charge is 0.335 e. The minimum atomic E-state index is -0.0983. The van der Waals surface area contributed by atoms with E-state index >= 15 is 0 Å². The second-order valence-corrected chi connectivity index (χ2v) is 8.67. The number of fused-ring (bicyclic) bond motifs is 1. The molecule has 7 heteroatoms. The number of para-hydroxylation sites is 2. The van der Waals surface area contributed by atoms with Crippen molar-refractivity contribution < 1.29 is 4.79 Å². The Hall–Kier alpha value is -4.10. The number of nitrogens with zero attached hydrogens (tertiary/aromatic N) is 5. The van der Waals surface area contributed by atoms with E-state index in [2.05, 4.69) is 9.97 Å². The van der Waals surface area contributed by atoms with Gasteiger partial charge in [0.2, 0.25) is 5.91 Å². The third kappa shape index (κ3) is 4.58. The van der Waals surface area contributed by atoms with Gasteiger partial charge in [-0.25, -0.2) is 9.67 Å². The number of likely N-dealkylation sites (N-methyl/N-ethyl adjacent to an activating group) is 1. The molecule has 6 nitrogen and oxygen atoms in total. The van der Waals surface area contributed by atoms with Gasteiger partial charge in [-0.1, -0.05) is 30.3 Å². The van der Waals surface area contributed by atoms with Crippen molar-refractivity contribution in [3.8, 4) is 16.9 Å². The van der Waals surface area contributed by atoms with Crippen LogP contribution in [0.15, 0.2) is 91.4 Å². The van der Waals surface area contributed by atoms with E-state index in [1.54, 1.807) is 41.8 Å². The molecule has 0 bridgehead atoms. The molecule has 3 aromatic heterocycles. The summed E-state index contributed by atoms with van der Waals surface area (Å²) in [5.41, 5.74) is 4.41. The molecule has 2 aromatic carbocycles. The van der Waals surface area contributed by atoms with Crippen LogP contribution >= 0.6 is 11.3 Å².